The first-order chi connectivity index (χ1) is 16.8. The fourth-order valence-corrected chi connectivity index (χ4v) is 6.02. The number of nitrogens with one attached hydrogen (secondary N) is 2. The number of nitrogens with two attached hydrogens (primary N) is 1. The van der Waals surface area contributed by atoms with E-state index in [2.05, 4.69) is 20.5 Å². The summed E-state index contributed by atoms with van der Waals surface area (Å²) in [6.45, 7) is 0.252. The van der Waals surface area contributed by atoms with Gasteiger partial charge < -0.3 is 21.1 Å². The molecule has 2 aromatic carbocycles. The quantitative estimate of drug-likeness (QED) is 0.356. The Labute approximate surface area is 208 Å². The summed E-state index contributed by atoms with van der Waals surface area (Å²) in [5.41, 5.74) is 4.05. The molecule has 1 amide bonds. The molecule has 1 atom stereocenters. The van der Waals surface area contributed by atoms with Gasteiger partial charge in [0.25, 0.3) is 0 Å². The lowest BCUT2D eigenvalue weighted by molar-refractivity contribution is -0.137. The van der Waals surface area contributed by atoms with Crippen LogP contribution < -0.4 is 11.1 Å². The van der Waals surface area contributed by atoms with Gasteiger partial charge >= 0.3 is 12.3 Å². The number of carbonyl (C=O) groups is 1. The molecule has 1 fully saturated rings. The van der Waals surface area contributed by atoms with Crippen LogP contribution in [0.4, 0.5) is 35.5 Å². The number of H-pyrrole nitrogens is 1. The number of aromatic nitrogens is 3. The Balaban J connectivity index is 1.64. The van der Waals surface area contributed by atoms with Crippen LogP contribution in [0.25, 0.3) is 11.1 Å². The monoisotopic (exact) mass is 544 g/mol. The van der Waals surface area contributed by atoms with E-state index >= 15 is 0 Å². The zero-order valence-electron chi connectivity index (χ0n) is 18.4. The lowest BCUT2D eigenvalue weighted by Crippen LogP contribution is -2.38. The van der Waals surface area contributed by atoms with E-state index in [1.54, 1.807) is 0 Å². The van der Waals surface area contributed by atoms with Gasteiger partial charge in [0.1, 0.15) is 0 Å². The smallest absolute Gasteiger partial charge is 0.417 e. The lowest BCUT2D eigenvalue weighted by Gasteiger charge is -2.21. The van der Waals surface area contributed by atoms with Gasteiger partial charge in [0.05, 0.1) is 21.2 Å². The Morgan fingerprint density at radius 3 is 2.56 bits per heavy atom. The molecule has 1 unspecified atom stereocenters. The maximum absolute atomic E-state index is 13.9. The molecule has 10 nitrogen and oxygen atoms in total. The molecule has 2 heterocycles. The number of likely N-dealkylation sites (tertiary alicyclic amines) is 1. The standard InChI is InChI=1S/C21H20ClF3N6O4S/c22-16-9-12(27-19-28-18(26)29-30-19)8-15(21(23,24)25)17(16)11-3-5-14(6-4-11)36(34,35)10-13-2-1-7-31(13)20(32)33/h3-6,8-9,13H,1-2,7,10H2,(H,32,33)(H4,26,27,28,29,30). The van der Waals surface area contributed by atoms with Crippen molar-refractivity contribution in [2.45, 2.75) is 30.0 Å². The average molecular weight is 545 g/mol. The second kappa shape index (κ2) is 9.50. The van der Waals surface area contributed by atoms with Gasteiger partial charge in [0.2, 0.25) is 11.9 Å². The van der Waals surface area contributed by atoms with E-state index in [1.165, 1.54) is 30.3 Å². The number of rotatable bonds is 6. The average Bonchev–Trinajstić information content (AvgIpc) is 3.41. The molecule has 5 N–H and O–H groups in total. The second-order valence-electron chi connectivity index (χ2n) is 8.13. The number of carboxylic acid groups (broad SMARTS) is 1. The van der Waals surface area contributed by atoms with Crippen LogP contribution in [-0.2, 0) is 16.0 Å². The number of amides is 1. The zero-order chi connectivity index (χ0) is 26.3. The highest BCUT2D eigenvalue weighted by Gasteiger charge is 2.36. The molecule has 0 saturated carbocycles. The van der Waals surface area contributed by atoms with Crippen LogP contribution in [0, 0.1) is 0 Å². The van der Waals surface area contributed by atoms with Crippen molar-refractivity contribution in [3.63, 3.8) is 0 Å². The highest BCUT2D eigenvalue weighted by Crippen LogP contribution is 2.43. The first kappa shape index (κ1) is 25.6. The number of hydrogen-bond donors (Lipinski definition) is 4. The molecule has 0 spiro atoms. The Kier molecular flexibility index (Phi) is 6.75. The van der Waals surface area contributed by atoms with E-state index < -0.39 is 39.5 Å². The van der Waals surface area contributed by atoms with Gasteiger partial charge in [-0.3, -0.25) is 0 Å². The van der Waals surface area contributed by atoms with Crippen molar-refractivity contribution in [1.29, 1.82) is 0 Å². The molecule has 0 radical (unpaired) electrons. The number of sulfone groups is 1. The van der Waals surface area contributed by atoms with E-state index in [1.807, 2.05) is 0 Å². The molecule has 4 rings (SSSR count). The highest BCUT2D eigenvalue weighted by molar-refractivity contribution is 7.91. The summed E-state index contributed by atoms with van der Waals surface area (Å²) in [6, 6.07) is 6.24. The predicted molar refractivity (Wildman–Crippen MR) is 126 cm³/mol. The summed E-state index contributed by atoms with van der Waals surface area (Å²) in [6.07, 6.45) is -5.02. The number of aromatic amines is 1. The summed E-state index contributed by atoms with van der Waals surface area (Å²) >= 11 is 6.24. The Morgan fingerprint density at radius 1 is 1.28 bits per heavy atom. The van der Waals surface area contributed by atoms with Crippen molar-refractivity contribution in [3.8, 4) is 11.1 Å². The van der Waals surface area contributed by atoms with Gasteiger partial charge in [-0.05, 0) is 42.7 Å². The minimum Gasteiger partial charge on any atom is -0.465 e. The van der Waals surface area contributed by atoms with Crippen molar-refractivity contribution in [1.82, 2.24) is 20.1 Å². The SMILES string of the molecule is Nc1nc(Nc2cc(Cl)c(-c3ccc(S(=O)(=O)CC4CCCN4C(=O)O)cc3)c(C(F)(F)F)c2)n[nH]1. The molecule has 15 heteroatoms. The fraction of sp³-hybridized carbons (Fsp3) is 0.286. The lowest BCUT2D eigenvalue weighted by atomic mass is 9.98. The number of nitrogen functional groups attached to an aromatic ring is 1. The Morgan fingerprint density at radius 2 is 1.97 bits per heavy atom. The number of hydrogen-bond acceptors (Lipinski definition) is 7. The topological polar surface area (TPSA) is 154 Å². The summed E-state index contributed by atoms with van der Waals surface area (Å²) < 4.78 is 67.5. The third kappa shape index (κ3) is 5.33. The number of anilines is 3. The minimum atomic E-state index is -4.79. The second-order valence-corrected chi connectivity index (χ2v) is 10.6. The van der Waals surface area contributed by atoms with Gasteiger partial charge in [-0.2, -0.15) is 18.2 Å². The van der Waals surface area contributed by atoms with Gasteiger partial charge in [-0.15, -0.1) is 5.10 Å². The van der Waals surface area contributed by atoms with Crippen molar-refractivity contribution in [2.24, 2.45) is 0 Å². The first-order valence-electron chi connectivity index (χ1n) is 10.5. The largest absolute Gasteiger partial charge is 0.465 e. The molecule has 0 aliphatic carbocycles. The summed E-state index contributed by atoms with van der Waals surface area (Å²) in [4.78, 5) is 16.0. The predicted octanol–water partition coefficient (Wildman–Crippen LogP) is 4.39. The summed E-state index contributed by atoms with van der Waals surface area (Å²) in [5.74, 6) is -0.503. The maximum atomic E-state index is 13.9. The van der Waals surface area contributed by atoms with Gasteiger partial charge in [-0.1, -0.05) is 23.7 Å². The molecule has 0 bridgehead atoms. The fourth-order valence-electron chi connectivity index (χ4n) is 4.09. The number of nitrogens with zero attached hydrogens (tertiary/aromatic N) is 3. The van der Waals surface area contributed by atoms with E-state index in [4.69, 9.17) is 17.3 Å². The van der Waals surface area contributed by atoms with Crippen LogP contribution in [-0.4, -0.2) is 58.0 Å². The van der Waals surface area contributed by atoms with Crippen molar-refractivity contribution < 1.29 is 31.5 Å². The maximum Gasteiger partial charge on any atom is 0.417 e. The number of benzene rings is 2. The normalized spacial score (nSPS) is 16.3. The molecule has 1 aromatic heterocycles. The molecule has 192 valence electrons. The van der Waals surface area contributed by atoms with E-state index in [0.29, 0.717) is 12.8 Å². The Hall–Kier alpha value is -3.52. The summed E-state index contributed by atoms with van der Waals surface area (Å²) in [5, 5.41) is 17.6. The van der Waals surface area contributed by atoms with Gasteiger partial charge in [-0.25, -0.2) is 18.3 Å². The molecule has 1 saturated heterocycles. The van der Waals surface area contributed by atoms with Crippen molar-refractivity contribution in [2.75, 3.05) is 23.3 Å². The molecular weight excluding hydrogens is 525 g/mol. The van der Waals surface area contributed by atoms with Crippen LogP contribution >= 0.6 is 11.6 Å². The molecular formula is C21H20ClF3N6O4S. The van der Waals surface area contributed by atoms with Crippen molar-refractivity contribution >= 4 is 45.1 Å². The third-order valence-corrected chi connectivity index (χ3v) is 7.80. The zero-order valence-corrected chi connectivity index (χ0v) is 20.0. The summed E-state index contributed by atoms with van der Waals surface area (Å²) in [7, 11) is -3.89. The molecule has 36 heavy (non-hydrogen) atoms. The number of alkyl halides is 3. The Bertz CT molecular complexity index is 1400. The first-order valence-corrected chi connectivity index (χ1v) is 12.6. The van der Waals surface area contributed by atoms with Gasteiger partial charge in [0, 0.05) is 23.8 Å². The molecule has 3 aromatic rings. The van der Waals surface area contributed by atoms with Crippen LogP contribution in [0.1, 0.15) is 18.4 Å². The molecule has 1 aliphatic rings. The number of halogens is 4. The van der Waals surface area contributed by atoms with E-state index in [9.17, 15) is 31.5 Å². The van der Waals surface area contributed by atoms with Crippen molar-refractivity contribution in [3.05, 3.63) is 47.0 Å². The van der Waals surface area contributed by atoms with Crippen LogP contribution in [0.2, 0.25) is 5.02 Å². The van der Waals surface area contributed by atoms with Crippen LogP contribution in [0.15, 0.2) is 41.3 Å². The van der Waals surface area contributed by atoms with E-state index in [-0.39, 0.29) is 45.2 Å². The third-order valence-electron chi connectivity index (χ3n) is 5.69. The molecule has 1 aliphatic heterocycles. The van der Waals surface area contributed by atoms with Crippen LogP contribution in [0.3, 0.4) is 0 Å². The minimum absolute atomic E-state index is 0.0325. The van der Waals surface area contributed by atoms with Gasteiger partial charge in [0.15, 0.2) is 9.84 Å². The van der Waals surface area contributed by atoms with E-state index in [0.717, 1.165) is 11.0 Å². The van der Waals surface area contributed by atoms with Crippen LogP contribution in [0.5, 0.6) is 0 Å². The highest BCUT2D eigenvalue weighted by atomic mass is 35.5.